The molecule has 34 heavy (non-hydrogen) atoms. The van der Waals surface area contributed by atoms with Gasteiger partial charge < -0.3 is 14.6 Å². The average molecular weight is 482 g/mol. The summed E-state index contributed by atoms with van der Waals surface area (Å²) >= 11 is 6.04. The van der Waals surface area contributed by atoms with Gasteiger partial charge in [-0.25, -0.2) is 0 Å². The maximum atomic E-state index is 13.6. The normalized spacial score (nSPS) is 22.4. The second-order valence-electron chi connectivity index (χ2n) is 9.07. The number of phenols is 1. The first-order chi connectivity index (χ1) is 16.2. The number of hydrogen-bond acceptors (Lipinski definition) is 6. The van der Waals surface area contributed by atoms with Crippen LogP contribution in [-0.2, 0) is 14.3 Å². The molecule has 1 aliphatic heterocycles. The van der Waals surface area contributed by atoms with Gasteiger partial charge in [0, 0.05) is 34.3 Å². The standard InChI is InChI=1S/C27H28ClNO5/c1-14(2)34-27(32)24-15(3)29-20-11-18(16-5-8-19(28)9-6-16)12-22(31)26(20)25(24)17-7-10-21(30)23(13-17)33-4/h5-10,13-14,18,24-25,30H,11-12H2,1-4H3/t18-,24?,25+/m0/s1. The van der Waals surface area contributed by atoms with Gasteiger partial charge in [0.05, 0.1) is 13.2 Å². The summed E-state index contributed by atoms with van der Waals surface area (Å²) in [6.45, 7) is 5.38. The molecule has 0 bridgehead atoms. The Morgan fingerprint density at radius 3 is 2.44 bits per heavy atom. The van der Waals surface area contributed by atoms with Gasteiger partial charge in [-0.15, -0.1) is 0 Å². The van der Waals surface area contributed by atoms with Crippen molar-refractivity contribution in [1.82, 2.24) is 0 Å². The van der Waals surface area contributed by atoms with Crippen LogP contribution in [0.2, 0.25) is 5.02 Å². The van der Waals surface area contributed by atoms with Gasteiger partial charge in [0.15, 0.2) is 17.3 Å². The number of halogens is 1. The molecule has 0 amide bonds. The van der Waals surface area contributed by atoms with Crippen molar-refractivity contribution in [2.75, 3.05) is 7.11 Å². The monoisotopic (exact) mass is 481 g/mol. The Morgan fingerprint density at radius 2 is 1.79 bits per heavy atom. The number of ether oxygens (including phenoxy) is 2. The Kier molecular flexibility index (Phi) is 6.80. The number of aliphatic imine (C=N–C) groups is 1. The topological polar surface area (TPSA) is 85.2 Å². The van der Waals surface area contributed by atoms with Gasteiger partial charge >= 0.3 is 5.97 Å². The number of carbonyl (C=O) groups is 2. The van der Waals surface area contributed by atoms with E-state index in [1.807, 2.05) is 24.3 Å². The first-order valence-electron chi connectivity index (χ1n) is 11.3. The van der Waals surface area contributed by atoms with Gasteiger partial charge in [0.25, 0.3) is 0 Å². The number of esters is 1. The summed E-state index contributed by atoms with van der Waals surface area (Å²) in [5, 5.41) is 10.8. The Balaban J connectivity index is 1.82. The smallest absolute Gasteiger partial charge is 0.315 e. The maximum Gasteiger partial charge on any atom is 0.315 e. The third-order valence-corrected chi connectivity index (χ3v) is 6.65. The van der Waals surface area contributed by atoms with Crippen LogP contribution in [0.1, 0.15) is 56.6 Å². The number of ketones is 1. The van der Waals surface area contributed by atoms with Crippen LogP contribution in [0.4, 0.5) is 0 Å². The first kappa shape index (κ1) is 24.0. The first-order valence-corrected chi connectivity index (χ1v) is 11.7. The molecular weight excluding hydrogens is 454 g/mol. The highest BCUT2D eigenvalue weighted by Crippen LogP contribution is 2.48. The molecule has 1 unspecified atom stereocenters. The molecule has 3 atom stereocenters. The lowest BCUT2D eigenvalue weighted by Gasteiger charge is -2.37. The summed E-state index contributed by atoms with van der Waals surface area (Å²) < 4.78 is 10.9. The summed E-state index contributed by atoms with van der Waals surface area (Å²) in [5.41, 5.74) is 3.56. The molecule has 1 heterocycles. The van der Waals surface area contributed by atoms with E-state index in [0.29, 0.717) is 40.4 Å². The summed E-state index contributed by atoms with van der Waals surface area (Å²) in [6.07, 6.45) is 0.590. The Bertz CT molecular complexity index is 1180. The largest absolute Gasteiger partial charge is 0.504 e. The van der Waals surface area contributed by atoms with Gasteiger partial charge in [-0.05, 0) is 68.5 Å². The van der Waals surface area contributed by atoms with E-state index in [1.54, 1.807) is 32.9 Å². The van der Waals surface area contributed by atoms with Crippen LogP contribution in [0.25, 0.3) is 0 Å². The van der Waals surface area contributed by atoms with Crippen LogP contribution in [0, 0.1) is 5.92 Å². The Labute approximate surface area is 204 Å². The van der Waals surface area contributed by atoms with Crippen molar-refractivity contribution < 1.29 is 24.2 Å². The zero-order valence-corrected chi connectivity index (χ0v) is 20.4. The Morgan fingerprint density at radius 1 is 1.12 bits per heavy atom. The van der Waals surface area contributed by atoms with Crippen molar-refractivity contribution in [1.29, 1.82) is 0 Å². The predicted octanol–water partition coefficient (Wildman–Crippen LogP) is 5.58. The van der Waals surface area contributed by atoms with Crippen LogP contribution in [0.5, 0.6) is 11.5 Å². The van der Waals surface area contributed by atoms with E-state index in [4.69, 9.17) is 26.1 Å². The molecule has 0 spiro atoms. The minimum atomic E-state index is -0.744. The number of allylic oxidation sites excluding steroid dienone is 2. The predicted molar refractivity (Wildman–Crippen MR) is 131 cm³/mol. The van der Waals surface area contributed by atoms with Gasteiger partial charge in [0.1, 0.15) is 5.92 Å². The second kappa shape index (κ2) is 9.63. The fourth-order valence-electron chi connectivity index (χ4n) is 4.89. The third-order valence-electron chi connectivity index (χ3n) is 6.40. The molecule has 0 saturated heterocycles. The lowest BCUT2D eigenvalue weighted by Crippen LogP contribution is -2.38. The zero-order chi connectivity index (χ0) is 24.6. The van der Waals surface area contributed by atoms with Crippen molar-refractivity contribution in [3.63, 3.8) is 0 Å². The number of nitrogens with zero attached hydrogens (tertiary/aromatic N) is 1. The molecule has 0 saturated carbocycles. The summed E-state index contributed by atoms with van der Waals surface area (Å²) in [6, 6.07) is 12.4. The summed E-state index contributed by atoms with van der Waals surface area (Å²) in [5.74, 6) is -1.55. The molecule has 4 rings (SSSR count). The third kappa shape index (κ3) is 4.60. The molecular formula is C27H28ClNO5. The average Bonchev–Trinajstić information content (AvgIpc) is 2.78. The highest BCUT2D eigenvalue weighted by molar-refractivity contribution is 6.30. The number of aromatic hydroxyl groups is 1. The molecule has 0 aromatic heterocycles. The van der Waals surface area contributed by atoms with E-state index in [-0.39, 0.29) is 29.3 Å². The number of hydrogen-bond donors (Lipinski definition) is 1. The molecule has 178 valence electrons. The molecule has 6 nitrogen and oxygen atoms in total. The molecule has 0 fully saturated rings. The van der Waals surface area contributed by atoms with E-state index in [2.05, 4.69) is 0 Å². The van der Waals surface area contributed by atoms with Gasteiger partial charge in [-0.1, -0.05) is 29.8 Å². The zero-order valence-electron chi connectivity index (χ0n) is 19.7. The van der Waals surface area contributed by atoms with Crippen molar-refractivity contribution in [3.05, 3.63) is 69.9 Å². The number of benzene rings is 2. The van der Waals surface area contributed by atoms with Gasteiger partial charge in [0.2, 0.25) is 0 Å². The molecule has 2 aromatic rings. The molecule has 2 aromatic carbocycles. The second-order valence-corrected chi connectivity index (χ2v) is 9.50. The van der Waals surface area contributed by atoms with Crippen LogP contribution in [-0.4, -0.2) is 35.8 Å². The summed E-state index contributed by atoms with van der Waals surface area (Å²) in [4.78, 5) is 31.5. The SMILES string of the molecule is COc1cc([C@H]2C3=C(C[C@H](c4ccc(Cl)cc4)CC3=O)N=C(C)C2C(=O)OC(C)C)ccc1O. The maximum absolute atomic E-state index is 13.6. The van der Waals surface area contributed by atoms with Crippen LogP contribution in [0.15, 0.2) is 58.7 Å². The van der Waals surface area contributed by atoms with E-state index >= 15 is 0 Å². The van der Waals surface area contributed by atoms with Crippen LogP contribution >= 0.6 is 11.6 Å². The number of carbonyl (C=O) groups excluding carboxylic acids is 2. The van der Waals surface area contributed by atoms with E-state index in [1.165, 1.54) is 13.2 Å². The molecule has 1 aliphatic carbocycles. The van der Waals surface area contributed by atoms with E-state index in [9.17, 15) is 14.7 Å². The minimum Gasteiger partial charge on any atom is -0.504 e. The van der Waals surface area contributed by atoms with Gasteiger partial charge in [-0.3, -0.25) is 14.6 Å². The highest BCUT2D eigenvalue weighted by atomic mass is 35.5. The molecule has 7 heteroatoms. The quantitative estimate of drug-likeness (QED) is 0.563. The number of phenolic OH excluding ortho intramolecular Hbond substituents is 1. The van der Waals surface area contributed by atoms with E-state index in [0.717, 1.165) is 5.56 Å². The molecule has 2 aliphatic rings. The van der Waals surface area contributed by atoms with Crippen molar-refractivity contribution in [2.24, 2.45) is 10.9 Å². The lowest BCUT2D eigenvalue weighted by atomic mass is 9.69. The van der Waals surface area contributed by atoms with Crippen molar-refractivity contribution in [2.45, 2.75) is 51.6 Å². The minimum absolute atomic E-state index is 0.0132. The van der Waals surface area contributed by atoms with Crippen LogP contribution < -0.4 is 4.74 Å². The number of Topliss-reactive ketones (excluding diaryl/α,β-unsaturated/α-hetero) is 1. The molecule has 0 radical (unpaired) electrons. The highest BCUT2D eigenvalue weighted by Gasteiger charge is 2.45. The van der Waals surface area contributed by atoms with Crippen molar-refractivity contribution in [3.8, 4) is 11.5 Å². The van der Waals surface area contributed by atoms with Crippen molar-refractivity contribution >= 4 is 29.1 Å². The number of methoxy groups -OCH3 is 1. The van der Waals surface area contributed by atoms with E-state index < -0.39 is 17.8 Å². The lowest BCUT2D eigenvalue weighted by molar-refractivity contribution is -0.150. The molecule has 1 N–H and O–H groups in total. The fourth-order valence-corrected chi connectivity index (χ4v) is 5.01. The van der Waals surface area contributed by atoms with Gasteiger partial charge in [-0.2, -0.15) is 0 Å². The van der Waals surface area contributed by atoms with Crippen LogP contribution in [0.3, 0.4) is 0 Å². The Hall–Kier alpha value is -3.12. The summed E-state index contributed by atoms with van der Waals surface area (Å²) in [7, 11) is 1.46. The number of rotatable bonds is 5. The fraction of sp³-hybridized carbons (Fsp3) is 0.370.